The molecule has 3 aromatic rings. The van der Waals surface area contributed by atoms with Crippen molar-refractivity contribution < 1.29 is 4.39 Å². The minimum absolute atomic E-state index is 0.0366. The highest BCUT2D eigenvalue weighted by molar-refractivity contribution is 6.33. The number of hydrogen-bond acceptors (Lipinski definition) is 1. The maximum Gasteiger partial charge on any atom is 0.144 e. The normalized spacial score (nSPS) is 11.3. The second-order valence-electron chi connectivity index (χ2n) is 4.66. The van der Waals surface area contributed by atoms with Crippen LogP contribution in [0.3, 0.4) is 0 Å². The van der Waals surface area contributed by atoms with Crippen LogP contribution in [0, 0.1) is 12.7 Å². The Hall–Kier alpha value is -1.29. The molecule has 21 heavy (non-hydrogen) atoms. The lowest BCUT2D eigenvalue weighted by atomic mass is 10.2. The molecule has 6 heteroatoms. The van der Waals surface area contributed by atoms with Gasteiger partial charge in [0.15, 0.2) is 0 Å². The fraction of sp³-hybridized carbons (Fsp3) is 0.133. The van der Waals surface area contributed by atoms with Gasteiger partial charge in [-0.05, 0) is 24.6 Å². The van der Waals surface area contributed by atoms with Gasteiger partial charge in [-0.1, -0.05) is 35.3 Å². The molecule has 0 aliphatic heterocycles. The number of nitrogens with zero attached hydrogens (tertiary/aromatic N) is 2. The van der Waals surface area contributed by atoms with Crippen LogP contribution in [-0.2, 0) is 5.88 Å². The van der Waals surface area contributed by atoms with Crippen LogP contribution < -0.4 is 0 Å². The van der Waals surface area contributed by atoms with E-state index in [0.29, 0.717) is 21.9 Å². The maximum atomic E-state index is 13.6. The highest BCUT2D eigenvalue weighted by atomic mass is 35.5. The first-order valence-corrected chi connectivity index (χ1v) is 7.49. The average Bonchev–Trinajstić information content (AvgIpc) is 2.77. The minimum Gasteiger partial charge on any atom is -0.293 e. The van der Waals surface area contributed by atoms with Crippen LogP contribution in [0.5, 0.6) is 0 Å². The number of alkyl halides is 1. The summed E-state index contributed by atoms with van der Waals surface area (Å²) in [5.41, 5.74) is 2.91. The molecule has 0 unspecified atom stereocenters. The topological polar surface area (TPSA) is 17.8 Å². The summed E-state index contributed by atoms with van der Waals surface area (Å²) in [7, 11) is 0. The van der Waals surface area contributed by atoms with E-state index in [1.165, 1.54) is 12.1 Å². The fourth-order valence-corrected chi connectivity index (χ4v) is 3.01. The maximum absolute atomic E-state index is 13.6. The second-order valence-corrected chi connectivity index (χ2v) is 5.74. The van der Waals surface area contributed by atoms with Gasteiger partial charge in [0.1, 0.15) is 11.6 Å². The molecule has 1 aromatic heterocycles. The molecule has 0 saturated carbocycles. The highest BCUT2D eigenvalue weighted by Gasteiger charge is 2.17. The third kappa shape index (κ3) is 2.39. The number of imidazole rings is 1. The van der Waals surface area contributed by atoms with Gasteiger partial charge in [0.25, 0.3) is 0 Å². The van der Waals surface area contributed by atoms with Gasteiger partial charge in [-0.3, -0.25) is 4.57 Å². The molecule has 0 radical (unpaired) electrons. The second kappa shape index (κ2) is 5.48. The van der Waals surface area contributed by atoms with Gasteiger partial charge in [0, 0.05) is 6.07 Å². The molecule has 108 valence electrons. The van der Waals surface area contributed by atoms with Gasteiger partial charge in [0.05, 0.1) is 32.6 Å². The Labute approximate surface area is 136 Å². The van der Waals surface area contributed by atoms with E-state index in [1.54, 1.807) is 6.07 Å². The molecule has 0 spiro atoms. The van der Waals surface area contributed by atoms with Crippen molar-refractivity contribution in [1.82, 2.24) is 9.55 Å². The van der Waals surface area contributed by atoms with Crippen molar-refractivity contribution in [2.75, 3.05) is 0 Å². The molecular formula is C15H10Cl3FN2. The lowest BCUT2D eigenvalue weighted by Crippen LogP contribution is -2.02. The third-order valence-corrected chi connectivity index (χ3v) is 4.13. The van der Waals surface area contributed by atoms with Crippen LogP contribution in [0.1, 0.15) is 11.4 Å². The van der Waals surface area contributed by atoms with Crippen LogP contribution in [0.4, 0.5) is 4.39 Å². The first kappa shape index (κ1) is 14.6. The Morgan fingerprint density at radius 1 is 1.19 bits per heavy atom. The molecule has 0 aliphatic carbocycles. The molecule has 0 fully saturated rings. The molecule has 0 amide bonds. The number of aromatic nitrogens is 2. The molecule has 2 aromatic carbocycles. The van der Waals surface area contributed by atoms with E-state index in [0.717, 1.165) is 11.3 Å². The Bertz CT molecular complexity index is 822. The third-order valence-electron chi connectivity index (χ3n) is 3.30. The minimum atomic E-state index is -0.509. The number of hydrogen-bond donors (Lipinski definition) is 0. The van der Waals surface area contributed by atoms with Gasteiger partial charge in [0.2, 0.25) is 0 Å². The largest absolute Gasteiger partial charge is 0.293 e. The zero-order valence-electron chi connectivity index (χ0n) is 11.0. The van der Waals surface area contributed by atoms with E-state index in [-0.39, 0.29) is 10.9 Å². The number of benzene rings is 2. The quantitative estimate of drug-likeness (QED) is 0.560. The molecular weight excluding hydrogens is 334 g/mol. The SMILES string of the molecule is Cc1cccc(Cl)c1-n1c(CCl)nc2cc(F)c(Cl)cc21. The summed E-state index contributed by atoms with van der Waals surface area (Å²) < 4.78 is 15.4. The monoisotopic (exact) mass is 342 g/mol. The van der Waals surface area contributed by atoms with Crippen molar-refractivity contribution in [1.29, 1.82) is 0 Å². The van der Waals surface area contributed by atoms with E-state index in [1.807, 2.05) is 23.6 Å². The number of aryl methyl sites for hydroxylation is 1. The predicted molar refractivity (Wildman–Crippen MR) is 85.3 cm³/mol. The van der Waals surface area contributed by atoms with Crippen LogP contribution in [-0.4, -0.2) is 9.55 Å². The van der Waals surface area contributed by atoms with Crippen LogP contribution in [0.2, 0.25) is 10.0 Å². The number of rotatable bonds is 2. The Morgan fingerprint density at radius 3 is 2.62 bits per heavy atom. The summed E-state index contributed by atoms with van der Waals surface area (Å²) in [6.45, 7) is 1.94. The van der Waals surface area contributed by atoms with Crippen LogP contribution in [0.15, 0.2) is 30.3 Å². The zero-order chi connectivity index (χ0) is 15.1. The number of halogens is 4. The van der Waals surface area contributed by atoms with Gasteiger partial charge in [-0.2, -0.15) is 0 Å². The smallest absolute Gasteiger partial charge is 0.144 e. The van der Waals surface area contributed by atoms with Gasteiger partial charge >= 0.3 is 0 Å². The predicted octanol–water partition coefficient (Wildman–Crippen LogP) is 5.52. The van der Waals surface area contributed by atoms with Crippen LogP contribution in [0.25, 0.3) is 16.7 Å². The molecule has 0 aliphatic rings. The first-order valence-electron chi connectivity index (χ1n) is 6.20. The molecule has 3 rings (SSSR count). The van der Waals surface area contributed by atoms with E-state index >= 15 is 0 Å². The van der Waals surface area contributed by atoms with E-state index in [9.17, 15) is 4.39 Å². The summed E-state index contributed by atoms with van der Waals surface area (Å²) in [6.07, 6.45) is 0. The van der Waals surface area contributed by atoms with Crippen molar-refractivity contribution in [3.05, 3.63) is 57.6 Å². The van der Waals surface area contributed by atoms with Crippen LogP contribution >= 0.6 is 34.8 Å². The molecule has 0 N–H and O–H groups in total. The van der Waals surface area contributed by atoms with E-state index < -0.39 is 5.82 Å². The summed E-state index contributed by atoms with van der Waals surface area (Å²) in [5, 5.41) is 0.607. The zero-order valence-corrected chi connectivity index (χ0v) is 13.3. The highest BCUT2D eigenvalue weighted by Crippen LogP contribution is 2.32. The first-order chi connectivity index (χ1) is 10.0. The van der Waals surface area contributed by atoms with E-state index in [4.69, 9.17) is 34.8 Å². The Morgan fingerprint density at radius 2 is 1.95 bits per heavy atom. The summed E-state index contributed by atoms with van der Waals surface area (Å²) >= 11 is 18.2. The number of fused-ring (bicyclic) bond motifs is 1. The van der Waals surface area contributed by atoms with Gasteiger partial charge in [-0.25, -0.2) is 9.37 Å². The summed E-state index contributed by atoms with van der Waals surface area (Å²) in [5.74, 6) is 0.258. The number of para-hydroxylation sites is 1. The van der Waals surface area contributed by atoms with Gasteiger partial charge < -0.3 is 0 Å². The Balaban J connectivity index is 2.43. The standard InChI is InChI=1S/C15H10Cl3FN2/c1-8-3-2-4-9(17)15(8)21-13-5-10(18)11(19)6-12(13)20-14(21)7-16/h2-6H,7H2,1H3. The molecule has 0 saturated heterocycles. The summed E-state index contributed by atoms with van der Waals surface area (Å²) in [4.78, 5) is 4.37. The van der Waals surface area contributed by atoms with Gasteiger partial charge in [-0.15, -0.1) is 11.6 Å². The Kier molecular flexibility index (Phi) is 3.82. The van der Waals surface area contributed by atoms with E-state index in [2.05, 4.69) is 4.98 Å². The van der Waals surface area contributed by atoms with Crippen molar-refractivity contribution in [3.63, 3.8) is 0 Å². The lowest BCUT2D eigenvalue weighted by molar-refractivity contribution is 0.630. The molecule has 2 nitrogen and oxygen atoms in total. The lowest BCUT2D eigenvalue weighted by Gasteiger charge is -2.13. The summed E-state index contributed by atoms with van der Waals surface area (Å²) in [6, 6.07) is 8.44. The van der Waals surface area contributed by atoms with Crippen molar-refractivity contribution in [2.45, 2.75) is 12.8 Å². The molecule has 0 bridgehead atoms. The average molecular weight is 344 g/mol. The van der Waals surface area contributed by atoms with Crippen molar-refractivity contribution in [2.24, 2.45) is 0 Å². The molecule has 0 atom stereocenters. The fourth-order valence-electron chi connectivity index (χ4n) is 2.37. The van der Waals surface area contributed by atoms with Crippen molar-refractivity contribution in [3.8, 4) is 5.69 Å². The molecule has 1 heterocycles. The van der Waals surface area contributed by atoms with Crippen molar-refractivity contribution >= 4 is 45.8 Å².